The van der Waals surface area contributed by atoms with E-state index < -0.39 is 0 Å². The molecule has 0 spiro atoms. The number of hydrogen-bond acceptors (Lipinski definition) is 3. The molecule has 0 aliphatic carbocycles. The first-order chi connectivity index (χ1) is 13.7. The largest absolute Gasteiger partial charge is 0.376 e. The van der Waals surface area contributed by atoms with E-state index in [9.17, 15) is 9.59 Å². The van der Waals surface area contributed by atoms with Gasteiger partial charge in [0.2, 0.25) is 5.91 Å². The van der Waals surface area contributed by atoms with Crippen molar-refractivity contribution in [2.75, 3.05) is 19.7 Å². The molecule has 148 valence electrons. The van der Waals surface area contributed by atoms with Gasteiger partial charge >= 0.3 is 0 Å². The average molecular weight is 380 g/mol. The minimum atomic E-state index is -0.375. The summed E-state index contributed by atoms with van der Waals surface area (Å²) >= 11 is 0. The van der Waals surface area contributed by atoms with Gasteiger partial charge in [0, 0.05) is 25.3 Å². The van der Waals surface area contributed by atoms with E-state index in [4.69, 9.17) is 4.74 Å². The van der Waals surface area contributed by atoms with Gasteiger partial charge in [-0.3, -0.25) is 9.59 Å². The highest BCUT2D eigenvalue weighted by Gasteiger charge is 2.25. The van der Waals surface area contributed by atoms with Gasteiger partial charge in [-0.05, 0) is 37.5 Å². The van der Waals surface area contributed by atoms with Crippen LogP contribution in [-0.2, 0) is 9.53 Å². The number of rotatable bonds is 8. The molecular weight excluding hydrogens is 352 g/mol. The molecule has 2 aromatic rings. The third-order valence-corrected chi connectivity index (χ3v) is 5.10. The Morgan fingerprint density at radius 2 is 1.79 bits per heavy atom. The Bertz CT molecular complexity index is 758. The van der Waals surface area contributed by atoms with Crippen LogP contribution in [0.2, 0.25) is 0 Å². The summed E-state index contributed by atoms with van der Waals surface area (Å²) < 4.78 is 5.68. The van der Waals surface area contributed by atoms with Crippen LogP contribution in [0.3, 0.4) is 0 Å². The van der Waals surface area contributed by atoms with Crippen molar-refractivity contribution in [3.05, 3.63) is 71.8 Å². The van der Waals surface area contributed by atoms with Crippen molar-refractivity contribution in [3.63, 3.8) is 0 Å². The number of carbonyl (C=O) groups excluding carboxylic acids is 2. The second-order valence-corrected chi connectivity index (χ2v) is 7.07. The van der Waals surface area contributed by atoms with E-state index >= 15 is 0 Å². The molecule has 2 aromatic carbocycles. The van der Waals surface area contributed by atoms with Crippen LogP contribution in [0.5, 0.6) is 0 Å². The molecule has 5 heteroatoms. The number of nitrogens with zero attached hydrogens (tertiary/aromatic N) is 1. The van der Waals surface area contributed by atoms with Gasteiger partial charge in [-0.1, -0.05) is 48.5 Å². The molecule has 28 heavy (non-hydrogen) atoms. The van der Waals surface area contributed by atoms with Crippen LogP contribution in [0, 0.1) is 0 Å². The van der Waals surface area contributed by atoms with E-state index in [0.717, 1.165) is 25.0 Å². The molecule has 3 rings (SSSR count). The SMILES string of the molecule is CCN(CC1CCCO1)C(=O)CC(NC(=O)c1ccccc1)c1ccccc1. The zero-order valence-electron chi connectivity index (χ0n) is 16.3. The van der Waals surface area contributed by atoms with E-state index in [1.54, 1.807) is 12.1 Å². The molecule has 0 bridgehead atoms. The third-order valence-electron chi connectivity index (χ3n) is 5.10. The minimum Gasteiger partial charge on any atom is -0.376 e. The van der Waals surface area contributed by atoms with Crippen LogP contribution in [0.1, 0.15) is 48.1 Å². The van der Waals surface area contributed by atoms with E-state index in [1.807, 2.05) is 60.4 Å². The molecule has 0 radical (unpaired) electrons. The van der Waals surface area contributed by atoms with Crippen LogP contribution < -0.4 is 5.32 Å². The summed E-state index contributed by atoms with van der Waals surface area (Å²) in [6.07, 6.45) is 2.40. The van der Waals surface area contributed by atoms with Crippen molar-refractivity contribution >= 4 is 11.8 Å². The van der Waals surface area contributed by atoms with Crippen LogP contribution in [0.25, 0.3) is 0 Å². The first-order valence-electron chi connectivity index (χ1n) is 9.97. The maximum Gasteiger partial charge on any atom is 0.251 e. The van der Waals surface area contributed by atoms with Gasteiger partial charge in [0.25, 0.3) is 5.91 Å². The average Bonchev–Trinajstić information content (AvgIpc) is 3.26. The monoisotopic (exact) mass is 380 g/mol. The molecule has 0 aromatic heterocycles. The third kappa shape index (κ3) is 5.42. The zero-order valence-corrected chi connectivity index (χ0v) is 16.3. The fourth-order valence-corrected chi connectivity index (χ4v) is 3.51. The smallest absolute Gasteiger partial charge is 0.251 e. The van der Waals surface area contributed by atoms with Crippen molar-refractivity contribution in [2.45, 2.75) is 38.3 Å². The molecule has 0 saturated carbocycles. The summed E-state index contributed by atoms with van der Waals surface area (Å²) in [5.41, 5.74) is 1.51. The Balaban J connectivity index is 1.71. The van der Waals surface area contributed by atoms with Crippen LogP contribution in [-0.4, -0.2) is 42.5 Å². The van der Waals surface area contributed by atoms with E-state index in [1.165, 1.54) is 0 Å². The summed E-state index contributed by atoms with van der Waals surface area (Å²) in [6, 6.07) is 18.4. The molecule has 2 atom stereocenters. The van der Waals surface area contributed by atoms with Gasteiger partial charge in [-0.2, -0.15) is 0 Å². The fourth-order valence-electron chi connectivity index (χ4n) is 3.51. The predicted octanol–water partition coefficient (Wildman–Crippen LogP) is 3.58. The minimum absolute atomic E-state index is 0.0280. The summed E-state index contributed by atoms with van der Waals surface area (Å²) in [7, 11) is 0. The Hall–Kier alpha value is -2.66. The lowest BCUT2D eigenvalue weighted by atomic mass is 10.0. The maximum absolute atomic E-state index is 13.0. The molecule has 5 nitrogen and oxygen atoms in total. The highest BCUT2D eigenvalue weighted by molar-refractivity contribution is 5.94. The number of ether oxygens (including phenoxy) is 1. The summed E-state index contributed by atoms with van der Waals surface area (Å²) in [6.45, 7) is 4.00. The number of benzene rings is 2. The molecule has 2 amide bonds. The second kappa shape index (κ2) is 10.0. The number of carbonyl (C=O) groups is 2. The van der Waals surface area contributed by atoms with E-state index in [0.29, 0.717) is 18.7 Å². The second-order valence-electron chi connectivity index (χ2n) is 7.07. The fraction of sp³-hybridized carbons (Fsp3) is 0.391. The normalized spacial score (nSPS) is 17.1. The number of amides is 2. The van der Waals surface area contributed by atoms with E-state index in [-0.39, 0.29) is 30.4 Å². The van der Waals surface area contributed by atoms with Gasteiger partial charge in [0.05, 0.1) is 18.6 Å². The van der Waals surface area contributed by atoms with Crippen molar-refractivity contribution in [1.29, 1.82) is 0 Å². The topological polar surface area (TPSA) is 58.6 Å². The number of hydrogen-bond donors (Lipinski definition) is 1. The van der Waals surface area contributed by atoms with Crippen molar-refractivity contribution in [3.8, 4) is 0 Å². The standard InChI is InChI=1S/C23H28N2O3/c1-2-25(17-20-14-9-15-28-20)22(26)16-21(18-10-5-3-6-11-18)24-23(27)19-12-7-4-8-13-19/h3-8,10-13,20-21H,2,9,14-17H2,1H3,(H,24,27). The van der Waals surface area contributed by atoms with E-state index in [2.05, 4.69) is 5.32 Å². The number of nitrogens with one attached hydrogen (secondary N) is 1. The van der Waals surface area contributed by atoms with Gasteiger partial charge in [0.1, 0.15) is 0 Å². The first-order valence-corrected chi connectivity index (χ1v) is 9.97. The molecule has 1 N–H and O–H groups in total. The van der Waals surface area contributed by atoms with Gasteiger partial charge < -0.3 is 15.0 Å². The molecule has 1 heterocycles. The van der Waals surface area contributed by atoms with Gasteiger partial charge in [-0.25, -0.2) is 0 Å². The van der Waals surface area contributed by atoms with Gasteiger partial charge in [-0.15, -0.1) is 0 Å². The highest BCUT2D eigenvalue weighted by atomic mass is 16.5. The summed E-state index contributed by atoms with van der Waals surface area (Å²) in [5, 5.41) is 3.04. The molecular formula is C23H28N2O3. The highest BCUT2D eigenvalue weighted by Crippen LogP contribution is 2.20. The Labute approximate surface area is 166 Å². The number of likely N-dealkylation sites (N-methyl/N-ethyl adjacent to an activating group) is 1. The predicted molar refractivity (Wildman–Crippen MR) is 109 cm³/mol. The Kier molecular flexibility index (Phi) is 7.20. The van der Waals surface area contributed by atoms with Crippen LogP contribution >= 0.6 is 0 Å². The lowest BCUT2D eigenvalue weighted by Gasteiger charge is -2.27. The van der Waals surface area contributed by atoms with Gasteiger partial charge in [0.15, 0.2) is 0 Å². The molecule has 2 unspecified atom stereocenters. The molecule has 1 fully saturated rings. The van der Waals surface area contributed by atoms with Crippen molar-refractivity contribution in [2.24, 2.45) is 0 Å². The van der Waals surface area contributed by atoms with Crippen LogP contribution in [0.15, 0.2) is 60.7 Å². The maximum atomic E-state index is 13.0. The quantitative estimate of drug-likeness (QED) is 0.762. The molecule has 1 aliphatic heterocycles. The lowest BCUT2D eigenvalue weighted by Crippen LogP contribution is -2.40. The lowest BCUT2D eigenvalue weighted by molar-refractivity contribution is -0.133. The van der Waals surface area contributed by atoms with Crippen molar-refractivity contribution in [1.82, 2.24) is 10.2 Å². The summed E-state index contributed by atoms with van der Waals surface area (Å²) in [5.74, 6) is -0.148. The first kappa shape index (κ1) is 20.1. The molecule has 1 saturated heterocycles. The van der Waals surface area contributed by atoms with Crippen LogP contribution in [0.4, 0.5) is 0 Å². The molecule has 1 aliphatic rings. The summed E-state index contributed by atoms with van der Waals surface area (Å²) in [4.78, 5) is 27.5. The zero-order chi connectivity index (χ0) is 19.8. The Morgan fingerprint density at radius 3 is 2.39 bits per heavy atom. The Morgan fingerprint density at radius 1 is 1.11 bits per heavy atom. The van der Waals surface area contributed by atoms with Crippen molar-refractivity contribution < 1.29 is 14.3 Å².